The Morgan fingerprint density at radius 2 is 2.00 bits per heavy atom. The Morgan fingerprint density at radius 3 is 2.75 bits per heavy atom. The molecular formula is C18H30N2. The molecule has 0 radical (unpaired) electrons. The summed E-state index contributed by atoms with van der Waals surface area (Å²) >= 11 is 0. The van der Waals surface area contributed by atoms with E-state index in [-0.39, 0.29) is 0 Å². The Labute approximate surface area is 124 Å². The fourth-order valence-corrected chi connectivity index (χ4v) is 3.31. The van der Waals surface area contributed by atoms with E-state index in [4.69, 9.17) is 0 Å². The van der Waals surface area contributed by atoms with Crippen LogP contribution in [0.3, 0.4) is 0 Å². The predicted octanol–water partition coefficient (Wildman–Crippen LogP) is 3.95. The van der Waals surface area contributed by atoms with Crippen LogP contribution < -0.4 is 5.32 Å². The van der Waals surface area contributed by atoms with E-state index in [1.807, 2.05) is 0 Å². The molecule has 2 unspecified atom stereocenters. The second-order valence-electron chi connectivity index (χ2n) is 6.16. The van der Waals surface area contributed by atoms with Gasteiger partial charge in [0.25, 0.3) is 0 Å². The van der Waals surface area contributed by atoms with Gasteiger partial charge in [-0.2, -0.15) is 0 Å². The van der Waals surface area contributed by atoms with Gasteiger partial charge in [-0.05, 0) is 50.3 Å². The van der Waals surface area contributed by atoms with E-state index in [1.165, 1.54) is 36.8 Å². The first-order valence-corrected chi connectivity index (χ1v) is 8.28. The molecule has 2 rings (SSSR count). The fraction of sp³-hybridized carbons (Fsp3) is 0.667. The van der Waals surface area contributed by atoms with Crippen molar-refractivity contribution >= 4 is 0 Å². The highest BCUT2D eigenvalue weighted by Crippen LogP contribution is 2.27. The maximum atomic E-state index is 3.49. The van der Waals surface area contributed by atoms with E-state index in [1.54, 1.807) is 0 Å². The van der Waals surface area contributed by atoms with Gasteiger partial charge in [-0.15, -0.1) is 0 Å². The highest BCUT2D eigenvalue weighted by molar-refractivity contribution is 5.23. The number of nitrogens with zero attached hydrogens (tertiary/aromatic N) is 1. The Kier molecular flexibility index (Phi) is 6.06. The van der Waals surface area contributed by atoms with Gasteiger partial charge in [0, 0.05) is 25.2 Å². The van der Waals surface area contributed by atoms with Crippen molar-refractivity contribution in [3.63, 3.8) is 0 Å². The van der Waals surface area contributed by atoms with Crippen LogP contribution in [-0.2, 0) is 13.1 Å². The molecule has 112 valence electrons. The summed E-state index contributed by atoms with van der Waals surface area (Å²) < 4.78 is 0. The lowest BCUT2D eigenvalue weighted by Gasteiger charge is -2.27. The average Bonchev–Trinajstić information content (AvgIpc) is 2.80. The Hall–Kier alpha value is -0.860. The van der Waals surface area contributed by atoms with E-state index >= 15 is 0 Å². The van der Waals surface area contributed by atoms with E-state index in [9.17, 15) is 0 Å². The number of hydrogen-bond donors (Lipinski definition) is 1. The molecule has 1 aromatic rings. The molecule has 20 heavy (non-hydrogen) atoms. The number of hydrogen-bond acceptors (Lipinski definition) is 2. The molecule has 2 atom stereocenters. The van der Waals surface area contributed by atoms with Crippen LogP contribution in [0.25, 0.3) is 0 Å². The molecule has 0 saturated carbocycles. The van der Waals surface area contributed by atoms with Gasteiger partial charge in [0.2, 0.25) is 0 Å². The van der Waals surface area contributed by atoms with Crippen LogP contribution in [0.15, 0.2) is 24.3 Å². The molecule has 1 aliphatic heterocycles. The van der Waals surface area contributed by atoms with Gasteiger partial charge in [0.1, 0.15) is 0 Å². The SMILES string of the molecule is CCCNCc1cccc(CN2C(C)CCC2CC)c1. The minimum Gasteiger partial charge on any atom is -0.313 e. The van der Waals surface area contributed by atoms with Crippen molar-refractivity contribution in [1.82, 2.24) is 10.2 Å². The van der Waals surface area contributed by atoms with Gasteiger partial charge >= 0.3 is 0 Å². The molecule has 2 nitrogen and oxygen atoms in total. The summed E-state index contributed by atoms with van der Waals surface area (Å²) in [5, 5.41) is 3.49. The minimum atomic E-state index is 0.738. The zero-order chi connectivity index (χ0) is 14.4. The van der Waals surface area contributed by atoms with Crippen molar-refractivity contribution in [1.29, 1.82) is 0 Å². The summed E-state index contributed by atoms with van der Waals surface area (Å²) in [6.07, 6.45) is 5.21. The summed E-state index contributed by atoms with van der Waals surface area (Å²) in [5.41, 5.74) is 2.88. The van der Waals surface area contributed by atoms with Crippen LogP contribution >= 0.6 is 0 Å². The maximum absolute atomic E-state index is 3.49. The molecule has 0 bridgehead atoms. The van der Waals surface area contributed by atoms with Crippen LogP contribution in [0.4, 0.5) is 0 Å². The number of likely N-dealkylation sites (tertiary alicyclic amines) is 1. The van der Waals surface area contributed by atoms with Crippen LogP contribution in [0.1, 0.15) is 57.6 Å². The van der Waals surface area contributed by atoms with Crippen LogP contribution in [0, 0.1) is 0 Å². The fourth-order valence-electron chi connectivity index (χ4n) is 3.31. The largest absolute Gasteiger partial charge is 0.313 e. The molecule has 1 aromatic carbocycles. The van der Waals surface area contributed by atoms with Gasteiger partial charge in [0.15, 0.2) is 0 Å². The summed E-state index contributed by atoms with van der Waals surface area (Å²) in [5.74, 6) is 0. The number of benzene rings is 1. The quantitative estimate of drug-likeness (QED) is 0.757. The first kappa shape index (κ1) is 15.5. The van der Waals surface area contributed by atoms with Crippen molar-refractivity contribution in [2.75, 3.05) is 6.54 Å². The minimum absolute atomic E-state index is 0.738. The van der Waals surface area contributed by atoms with Crippen LogP contribution in [0.2, 0.25) is 0 Å². The normalized spacial score (nSPS) is 23.4. The summed E-state index contributed by atoms with van der Waals surface area (Å²) in [6, 6.07) is 10.6. The smallest absolute Gasteiger partial charge is 0.0239 e. The lowest BCUT2D eigenvalue weighted by molar-refractivity contribution is 0.189. The topological polar surface area (TPSA) is 15.3 Å². The third kappa shape index (κ3) is 4.07. The Morgan fingerprint density at radius 1 is 1.20 bits per heavy atom. The molecule has 2 heteroatoms. The zero-order valence-electron chi connectivity index (χ0n) is 13.4. The molecule has 0 spiro atoms. The van der Waals surface area contributed by atoms with Crippen molar-refractivity contribution < 1.29 is 0 Å². The molecular weight excluding hydrogens is 244 g/mol. The van der Waals surface area contributed by atoms with Gasteiger partial charge in [-0.1, -0.05) is 38.1 Å². The van der Waals surface area contributed by atoms with E-state index < -0.39 is 0 Å². The molecule has 1 N–H and O–H groups in total. The highest BCUT2D eigenvalue weighted by atomic mass is 15.2. The van der Waals surface area contributed by atoms with E-state index in [0.717, 1.165) is 31.7 Å². The van der Waals surface area contributed by atoms with E-state index in [2.05, 4.69) is 55.3 Å². The molecule has 1 heterocycles. The van der Waals surface area contributed by atoms with E-state index in [0.29, 0.717) is 0 Å². The van der Waals surface area contributed by atoms with Gasteiger partial charge in [0.05, 0.1) is 0 Å². The monoisotopic (exact) mass is 274 g/mol. The second-order valence-corrected chi connectivity index (χ2v) is 6.16. The summed E-state index contributed by atoms with van der Waals surface area (Å²) in [6.45, 7) is 10.1. The van der Waals surface area contributed by atoms with Crippen molar-refractivity contribution in [3.05, 3.63) is 35.4 Å². The highest BCUT2D eigenvalue weighted by Gasteiger charge is 2.28. The van der Waals surface area contributed by atoms with Crippen LogP contribution in [0.5, 0.6) is 0 Å². The van der Waals surface area contributed by atoms with Crippen molar-refractivity contribution in [2.45, 2.75) is 71.6 Å². The average molecular weight is 274 g/mol. The first-order chi connectivity index (χ1) is 9.74. The standard InChI is InChI=1S/C18H30N2/c1-4-11-19-13-16-7-6-8-17(12-16)14-20-15(3)9-10-18(20)5-2/h6-8,12,15,18-19H,4-5,9-11,13-14H2,1-3H3. The molecule has 1 aliphatic rings. The maximum Gasteiger partial charge on any atom is 0.0239 e. The van der Waals surface area contributed by atoms with Crippen molar-refractivity contribution in [3.8, 4) is 0 Å². The molecule has 0 amide bonds. The lowest BCUT2D eigenvalue weighted by Crippen LogP contribution is -2.33. The van der Waals surface area contributed by atoms with Crippen LogP contribution in [-0.4, -0.2) is 23.5 Å². The molecule has 0 aromatic heterocycles. The Bertz CT molecular complexity index is 402. The third-order valence-electron chi connectivity index (χ3n) is 4.54. The summed E-state index contributed by atoms with van der Waals surface area (Å²) in [4.78, 5) is 2.69. The first-order valence-electron chi connectivity index (χ1n) is 8.28. The second kappa shape index (κ2) is 7.80. The predicted molar refractivity (Wildman–Crippen MR) is 86.8 cm³/mol. The van der Waals surface area contributed by atoms with Gasteiger partial charge in [-0.3, -0.25) is 4.90 Å². The Balaban J connectivity index is 1.96. The molecule has 1 fully saturated rings. The molecule has 1 saturated heterocycles. The number of rotatable bonds is 7. The van der Waals surface area contributed by atoms with Gasteiger partial charge < -0.3 is 5.32 Å². The lowest BCUT2D eigenvalue weighted by atomic mass is 10.1. The molecule has 0 aliphatic carbocycles. The zero-order valence-corrected chi connectivity index (χ0v) is 13.4. The number of nitrogens with one attached hydrogen (secondary N) is 1. The van der Waals surface area contributed by atoms with Crippen molar-refractivity contribution in [2.24, 2.45) is 0 Å². The van der Waals surface area contributed by atoms with Gasteiger partial charge in [-0.25, -0.2) is 0 Å². The third-order valence-corrected chi connectivity index (χ3v) is 4.54. The summed E-state index contributed by atoms with van der Waals surface area (Å²) in [7, 11) is 0.